The van der Waals surface area contributed by atoms with Crippen molar-refractivity contribution in [2.75, 3.05) is 18.5 Å². The number of amides is 1. The van der Waals surface area contributed by atoms with Gasteiger partial charge in [-0.1, -0.05) is 11.6 Å². The second-order valence-corrected chi connectivity index (χ2v) is 6.05. The molecule has 1 saturated heterocycles. The van der Waals surface area contributed by atoms with Crippen molar-refractivity contribution in [3.63, 3.8) is 0 Å². The molecule has 6 nitrogen and oxygen atoms in total. The minimum atomic E-state index is -4.78. The van der Waals surface area contributed by atoms with E-state index in [1.807, 2.05) is 0 Å². The normalized spacial score (nSPS) is 16.8. The number of ether oxygens (including phenoxy) is 3. The predicted molar refractivity (Wildman–Crippen MR) is 90.2 cm³/mol. The van der Waals surface area contributed by atoms with Crippen LogP contribution in [0.4, 0.5) is 18.9 Å². The van der Waals surface area contributed by atoms with Crippen LogP contribution in [-0.4, -0.2) is 36.6 Å². The Hall–Kier alpha value is -2.52. The molecule has 1 unspecified atom stereocenters. The maximum atomic E-state index is 12.3. The number of carbonyl (C=O) groups excluding carboxylic acids is 1. The van der Waals surface area contributed by atoms with E-state index in [1.165, 1.54) is 24.4 Å². The van der Waals surface area contributed by atoms with Crippen LogP contribution in [0, 0.1) is 0 Å². The molecule has 0 saturated carbocycles. The lowest BCUT2D eigenvalue weighted by molar-refractivity contribution is -0.274. The summed E-state index contributed by atoms with van der Waals surface area (Å²) in [5, 5.41) is 2.70. The fraction of sp³-hybridized carbons (Fsp3) is 0.294. The first-order valence-corrected chi connectivity index (χ1v) is 8.25. The zero-order chi connectivity index (χ0) is 19.4. The van der Waals surface area contributed by atoms with E-state index >= 15 is 0 Å². The Morgan fingerprint density at radius 2 is 2.04 bits per heavy atom. The standard InChI is InChI=1S/C17H14ClF3N2O4/c18-14-7-10(8-22-16(14)26-13-5-6-25-9-13)15(24)23-11-1-3-12(4-2-11)27-17(19,20)21/h1-4,7-8,13H,5-6,9H2,(H,23,24). The monoisotopic (exact) mass is 402 g/mol. The number of nitrogens with zero attached hydrogens (tertiary/aromatic N) is 1. The van der Waals surface area contributed by atoms with Gasteiger partial charge in [0.25, 0.3) is 5.91 Å². The lowest BCUT2D eigenvalue weighted by Gasteiger charge is -2.13. The molecule has 2 aromatic rings. The molecule has 1 aromatic carbocycles. The second-order valence-electron chi connectivity index (χ2n) is 5.64. The molecular weight excluding hydrogens is 389 g/mol. The molecule has 1 fully saturated rings. The number of pyridine rings is 1. The zero-order valence-corrected chi connectivity index (χ0v) is 14.5. The highest BCUT2D eigenvalue weighted by molar-refractivity contribution is 6.32. The quantitative estimate of drug-likeness (QED) is 0.817. The van der Waals surface area contributed by atoms with Crippen LogP contribution in [0.25, 0.3) is 0 Å². The SMILES string of the molecule is O=C(Nc1ccc(OC(F)(F)F)cc1)c1cnc(OC2CCOC2)c(Cl)c1. The topological polar surface area (TPSA) is 69.7 Å². The maximum Gasteiger partial charge on any atom is 0.573 e. The number of anilines is 1. The van der Waals surface area contributed by atoms with Gasteiger partial charge in [-0.3, -0.25) is 4.79 Å². The number of nitrogens with one attached hydrogen (secondary N) is 1. The number of hydrogen-bond acceptors (Lipinski definition) is 5. The van der Waals surface area contributed by atoms with Gasteiger partial charge in [-0.2, -0.15) is 0 Å². The van der Waals surface area contributed by atoms with E-state index in [0.717, 1.165) is 18.6 Å². The number of rotatable bonds is 5. The molecule has 2 heterocycles. The Kier molecular flexibility index (Phi) is 5.71. The highest BCUT2D eigenvalue weighted by Gasteiger charge is 2.31. The smallest absolute Gasteiger partial charge is 0.471 e. The molecule has 0 aliphatic carbocycles. The van der Waals surface area contributed by atoms with Crippen molar-refractivity contribution < 1.29 is 32.2 Å². The van der Waals surface area contributed by atoms with E-state index in [9.17, 15) is 18.0 Å². The van der Waals surface area contributed by atoms with E-state index in [2.05, 4.69) is 15.0 Å². The van der Waals surface area contributed by atoms with Crippen LogP contribution in [0.1, 0.15) is 16.8 Å². The van der Waals surface area contributed by atoms with Gasteiger partial charge in [-0.25, -0.2) is 4.98 Å². The van der Waals surface area contributed by atoms with Gasteiger partial charge in [-0.15, -0.1) is 13.2 Å². The molecular formula is C17H14ClF3N2O4. The molecule has 3 rings (SSSR count). The van der Waals surface area contributed by atoms with E-state index in [1.54, 1.807) is 0 Å². The minimum Gasteiger partial charge on any atom is -0.471 e. The number of aromatic nitrogens is 1. The molecule has 1 atom stereocenters. The number of hydrogen-bond donors (Lipinski definition) is 1. The Labute approximate surface area is 157 Å². The van der Waals surface area contributed by atoms with Gasteiger partial charge in [0.2, 0.25) is 5.88 Å². The average molecular weight is 403 g/mol. The fourth-order valence-electron chi connectivity index (χ4n) is 2.34. The van der Waals surface area contributed by atoms with Crippen molar-refractivity contribution in [2.45, 2.75) is 18.9 Å². The summed E-state index contributed by atoms with van der Waals surface area (Å²) in [6, 6.07) is 6.15. The summed E-state index contributed by atoms with van der Waals surface area (Å²) in [7, 11) is 0. The predicted octanol–water partition coefficient (Wildman–Crippen LogP) is 4.05. The van der Waals surface area contributed by atoms with Gasteiger partial charge in [-0.05, 0) is 30.3 Å². The largest absolute Gasteiger partial charge is 0.573 e. The lowest BCUT2D eigenvalue weighted by Crippen LogP contribution is -2.18. The first-order chi connectivity index (χ1) is 12.8. The van der Waals surface area contributed by atoms with Crippen molar-refractivity contribution in [2.24, 2.45) is 0 Å². The van der Waals surface area contributed by atoms with Crippen molar-refractivity contribution in [3.8, 4) is 11.6 Å². The Balaban J connectivity index is 1.62. The summed E-state index contributed by atoms with van der Waals surface area (Å²) in [6.07, 6.45) is -2.88. The van der Waals surface area contributed by atoms with E-state index in [4.69, 9.17) is 21.1 Å². The van der Waals surface area contributed by atoms with Crippen LogP contribution in [0.5, 0.6) is 11.6 Å². The summed E-state index contributed by atoms with van der Waals surface area (Å²) >= 11 is 6.11. The van der Waals surface area contributed by atoms with E-state index < -0.39 is 12.3 Å². The van der Waals surface area contributed by atoms with E-state index in [-0.39, 0.29) is 34.0 Å². The summed E-state index contributed by atoms with van der Waals surface area (Å²) in [6.45, 7) is 1.06. The molecule has 0 radical (unpaired) electrons. The molecule has 0 bridgehead atoms. The van der Waals surface area contributed by atoms with Gasteiger partial charge in [0.05, 0.1) is 18.8 Å². The molecule has 27 heavy (non-hydrogen) atoms. The van der Waals surface area contributed by atoms with Crippen LogP contribution < -0.4 is 14.8 Å². The van der Waals surface area contributed by atoms with Crippen LogP contribution in [-0.2, 0) is 4.74 Å². The van der Waals surface area contributed by atoms with Gasteiger partial charge in [0.1, 0.15) is 16.9 Å². The summed E-state index contributed by atoms with van der Waals surface area (Å²) in [5.74, 6) is -0.704. The molecule has 144 valence electrons. The Bertz CT molecular complexity index is 809. The van der Waals surface area contributed by atoms with Crippen LogP contribution in [0.3, 0.4) is 0 Å². The third-order valence-corrected chi connectivity index (χ3v) is 3.85. The summed E-state index contributed by atoms with van der Waals surface area (Å²) in [4.78, 5) is 16.3. The number of carbonyl (C=O) groups is 1. The highest BCUT2D eigenvalue weighted by Crippen LogP contribution is 2.26. The molecule has 1 N–H and O–H groups in total. The zero-order valence-electron chi connectivity index (χ0n) is 13.8. The molecule has 1 aliphatic heterocycles. The van der Waals surface area contributed by atoms with Gasteiger partial charge in [0.15, 0.2) is 0 Å². The summed E-state index contributed by atoms with van der Waals surface area (Å²) in [5.41, 5.74) is 0.458. The van der Waals surface area contributed by atoms with Gasteiger partial charge < -0.3 is 19.5 Å². The first-order valence-electron chi connectivity index (χ1n) is 7.87. The molecule has 0 spiro atoms. The van der Waals surface area contributed by atoms with E-state index in [0.29, 0.717) is 13.2 Å². The van der Waals surface area contributed by atoms with Crippen molar-refractivity contribution >= 4 is 23.2 Å². The average Bonchev–Trinajstić information content (AvgIpc) is 3.10. The molecule has 1 aromatic heterocycles. The first kappa shape index (κ1) is 19.2. The maximum absolute atomic E-state index is 12.3. The second kappa shape index (κ2) is 8.01. The fourth-order valence-corrected chi connectivity index (χ4v) is 2.55. The summed E-state index contributed by atoms with van der Waals surface area (Å²) < 4.78 is 51.0. The van der Waals surface area contributed by atoms with Crippen LogP contribution in [0.15, 0.2) is 36.5 Å². The van der Waals surface area contributed by atoms with Gasteiger partial charge in [0, 0.05) is 18.3 Å². The van der Waals surface area contributed by atoms with Crippen LogP contribution in [0.2, 0.25) is 5.02 Å². The van der Waals surface area contributed by atoms with Crippen molar-refractivity contribution in [1.29, 1.82) is 0 Å². The molecule has 1 amide bonds. The lowest BCUT2D eigenvalue weighted by atomic mass is 10.2. The molecule has 1 aliphatic rings. The third-order valence-electron chi connectivity index (χ3n) is 3.58. The highest BCUT2D eigenvalue weighted by atomic mass is 35.5. The Morgan fingerprint density at radius 3 is 2.63 bits per heavy atom. The Morgan fingerprint density at radius 1 is 1.30 bits per heavy atom. The third kappa shape index (κ3) is 5.48. The minimum absolute atomic E-state index is 0.132. The number of benzene rings is 1. The molecule has 10 heteroatoms. The van der Waals surface area contributed by atoms with Crippen LogP contribution >= 0.6 is 11.6 Å². The van der Waals surface area contributed by atoms with Gasteiger partial charge >= 0.3 is 6.36 Å². The van der Waals surface area contributed by atoms with Crippen molar-refractivity contribution in [1.82, 2.24) is 4.98 Å². The number of halogens is 4. The number of alkyl halides is 3. The van der Waals surface area contributed by atoms with Crippen molar-refractivity contribution in [3.05, 3.63) is 47.1 Å².